The summed E-state index contributed by atoms with van der Waals surface area (Å²) in [6.07, 6.45) is 10.3. The van der Waals surface area contributed by atoms with Crippen molar-refractivity contribution in [1.82, 2.24) is 0 Å². The number of rotatable bonds is 5. The number of nitrogens with zero attached hydrogens (tertiary/aromatic N) is 3. The summed E-state index contributed by atoms with van der Waals surface area (Å²) in [5.74, 6) is 3.14. The number of allylic oxidation sites excluding steroid dienone is 2. The lowest BCUT2D eigenvalue weighted by molar-refractivity contribution is -0.393. The topological polar surface area (TPSA) is 111 Å². The molecule has 1 aromatic rings. The van der Waals surface area contributed by atoms with Gasteiger partial charge in [0.15, 0.2) is 0 Å². The lowest BCUT2D eigenvalue weighted by atomic mass is 9.54. The second kappa shape index (κ2) is 6.51. The van der Waals surface area contributed by atoms with Crippen molar-refractivity contribution < 1.29 is 9.85 Å². The maximum atomic E-state index is 11.1. The molecule has 4 bridgehead atoms. The van der Waals surface area contributed by atoms with Crippen LogP contribution in [0.4, 0.5) is 17.1 Å². The Hall–Kier alpha value is -2.77. The van der Waals surface area contributed by atoms with Crippen LogP contribution in [0, 0.1) is 43.9 Å². The molecule has 0 heterocycles. The lowest BCUT2D eigenvalue weighted by Gasteiger charge is -2.51. The average Bonchev–Trinajstić information content (AvgIpc) is 2.59. The zero-order valence-corrected chi connectivity index (χ0v) is 14.2. The van der Waals surface area contributed by atoms with E-state index in [0.717, 1.165) is 17.9 Å². The number of benzene rings is 1. The molecule has 4 aliphatic rings. The Morgan fingerprint density at radius 2 is 1.65 bits per heavy atom. The largest absolute Gasteiger partial charge is 0.301 e. The van der Waals surface area contributed by atoms with E-state index in [0.29, 0.717) is 11.8 Å². The van der Waals surface area contributed by atoms with E-state index in [1.54, 1.807) is 6.21 Å². The highest BCUT2D eigenvalue weighted by atomic mass is 16.6. The van der Waals surface area contributed by atoms with Crippen molar-refractivity contribution in [2.24, 2.45) is 28.8 Å². The van der Waals surface area contributed by atoms with Gasteiger partial charge in [-0.2, -0.15) is 5.10 Å². The molecule has 4 aliphatic carbocycles. The highest BCUT2D eigenvalue weighted by Gasteiger charge is 2.44. The SMILES string of the molecule is O=[N+]([O-])c1ccc(N/N=C/C=C2C3CC4CC(C3)CC2C4)c([N+](=O)[O-])c1. The maximum absolute atomic E-state index is 11.1. The molecule has 5 rings (SSSR count). The average molecular weight is 356 g/mol. The smallest absolute Gasteiger partial charge is 0.272 e. The van der Waals surface area contributed by atoms with E-state index in [4.69, 9.17) is 0 Å². The first kappa shape index (κ1) is 16.7. The van der Waals surface area contributed by atoms with Crippen LogP contribution in [0.1, 0.15) is 32.1 Å². The van der Waals surface area contributed by atoms with Crippen LogP contribution in [-0.4, -0.2) is 16.1 Å². The number of non-ortho nitro benzene ring substituents is 1. The molecule has 136 valence electrons. The molecule has 1 N–H and O–H groups in total. The first-order chi connectivity index (χ1) is 12.5. The van der Waals surface area contributed by atoms with Crippen molar-refractivity contribution in [3.63, 3.8) is 0 Å². The van der Waals surface area contributed by atoms with Crippen LogP contribution in [0.15, 0.2) is 34.9 Å². The van der Waals surface area contributed by atoms with Gasteiger partial charge in [0.1, 0.15) is 5.69 Å². The molecule has 4 saturated carbocycles. The maximum Gasteiger partial charge on any atom is 0.301 e. The van der Waals surface area contributed by atoms with Gasteiger partial charge in [-0.1, -0.05) is 5.57 Å². The Labute approximate surface area is 150 Å². The zero-order chi connectivity index (χ0) is 18.3. The Bertz CT molecular complexity index is 787. The van der Waals surface area contributed by atoms with Crippen molar-refractivity contribution in [3.05, 3.63) is 50.1 Å². The van der Waals surface area contributed by atoms with Gasteiger partial charge in [-0.05, 0) is 67.9 Å². The zero-order valence-electron chi connectivity index (χ0n) is 14.2. The molecule has 0 atom stereocenters. The van der Waals surface area contributed by atoms with Crippen LogP contribution in [-0.2, 0) is 0 Å². The van der Waals surface area contributed by atoms with E-state index in [2.05, 4.69) is 16.6 Å². The number of nitro groups is 2. The number of nitrogens with one attached hydrogen (secondary N) is 1. The predicted octanol–water partition coefficient (Wildman–Crippen LogP) is 4.28. The predicted molar refractivity (Wildman–Crippen MR) is 97.0 cm³/mol. The summed E-state index contributed by atoms with van der Waals surface area (Å²) in [4.78, 5) is 20.6. The van der Waals surface area contributed by atoms with E-state index in [1.807, 2.05) is 0 Å². The number of hydrogen-bond acceptors (Lipinski definition) is 6. The molecule has 8 nitrogen and oxygen atoms in total. The molecule has 0 saturated heterocycles. The highest BCUT2D eigenvalue weighted by Crippen LogP contribution is 2.56. The number of hydrazone groups is 1. The second-order valence-corrected chi connectivity index (χ2v) is 7.58. The molecule has 0 unspecified atom stereocenters. The minimum atomic E-state index is -0.656. The van der Waals surface area contributed by atoms with Crippen molar-refractivity contribution in [1.29, 1.82) is 0 Å². The summed E-state index contributed by atoms with van der Waals surface area (Å²) in [6, 6.07) is 3.47. The molecule has 4 fully saturated rings. The van der Waals surface area contributed by atoms with E-state index < -0.39 is 9.85 Å². The standard InChI is InChI=1S/C18H20N4O4/c23-21(24)15-1-2-17(18(10-15)22(25)26)20-19-4-3-16-13-6-11-5-12(8-13)9-14(16)7-11/h1-4,10-14,20H,5-9H2/b16-3?,19-4+. The van der Waals surface area contributed by atoms with Gasteiger partial charge in [-0.3, -0.25) is 25.7 Å². The Kier molecular flexibility index (Phi) is 4.18. The van der Waals surface area contributed by atoms with Gasteiger partial charge in [-0.25, -0.2) is 0 Å². The lowest BCUT2D eigenvalue weighted by Crippen LogP contribution is -2.40. The Morgan fingerprint density at radius 3 is 2.23 bits per heavy atom. The second-order valence-electron chi connectivity index (χ2n) is 7.58. The molecule has 8 heteroatoms. The minimum Gasteiger partial charge on any atom is -0.272 e. The fourth-order valence-electron chi connectivity index (χ4n) is 5.11. The van der Waals surface area contributed by atoms with Crippen molar-refractivity contribution in [3.8, 4) is 0 Å². The van der Waals surface area contributed by atoms with Crippen molar-refractivity contribution in [2.45, 2.75) is 32.1 Å². The van der Waals surface area contributed by atoms with E-state index in [-0.39, 0.29) is 17.1 Å². The quantitative estimate of drug-likeness (QED) is 0.481. The molecule has 1 aromatic carbocycles. The van der Waals surface area contributed by atoms with Gasteiger partial charge in [0.05, 0.1) is 15.9 Å². The molecule has 0 aliphatic heterocycles. The third-order valence-corrected chi connectivity index (χ3v) is 6.00. The summed E-state index contributed by atoms with van der Waals surface area (Å²) in [5, 5.41) is 26.0. The summed E-state index contributed by atoms with van der Waals surface area (Å²) >= 11 is 0. The van der Waals surface area contributed by atoms with Crippen LogP contribution in [0.5, 0.6) is 0 Å². The van der Waals surface area contributed by atoms with Crippen LogP contribution in [0.3, 0.4) is 0 Å². The van der Waals surface area contributed by atoms with Crippen LogP contribution >= 0.6 is 0 Å². The van der Waals surface area contributed by atoms with Crippen LogP contribution < -0.4 is 5.43 Å². The first-order valence-corrected chi connectivity index (χ1v) is 8.93. The normalized spacial score (nSPS) is 29.2. The molecular weight excluding hydrogens is 336 g/mol. The highest BCUT2D eigenvalue weighted by molar-refractivity contribution is 5.75. The minimum absolute atomic E-state index is 0.139. The van der Waals surface area contributed by atoms with E-state index >= 15 is 0 Å². The molecule has 0 amide bonds. The molecule has 0 radical (unpaired) electrons. The van der Waals surface area contributed by atoms with Crippen molar-refractivity contribution in [2.75, 3.05) is 5.43 Å². The van der Waals surface area contributed by atoms with Gasteiger partial charge in [-0.15, -0.1) is 0 Å². The summed E-state index contributed by atoms with van der Waals surface area (Å²) < 4.78 is 0. The number of nitro benzene ring substituents is 2. The van der Waals surface area contributed by atoms with Gasteiger partial charge in [0.2, 0.25) is 0 Å². The summed E-state index contributed by atoms with van der Waals surface area (Å²) in [7, 11) is 0. The summed E-state index contributed by atoms with van der Waals surface area (Å²) in [6.45, 7) is 0. The van der Waals surface area contributed by atoms with Gasteiger partial charge < -0.3 is 0 Å². The van der Waals surface area contributed by atoms with E-state index in [1.165, 1.54) is 49.8 Å². The Morgan fingerprint density at radius 1 is 1.00 bits per heavy atom. The Balaban J connectivity index is 1.47. The fraction of sp³-hybridized carbons (Fsp3) is 0.500. The van der Waals surface area contributed by atoms with Crippen molar-refractivity contribution >= 4 is 23.3 Å². The molecule has 0 spiro atoms. The molecule has 0 aromatic heterocycles. The third-order valence-electron chi connectivity index (χ3n) is 6.00. The van der Waals surface area contributed by atoms with Crippen LogP contribution in [0.2, 0.25) is 0 Å². The summed E-state index contributed by atoms with van der Waals surface area (Å²) in [5.41, 5.74) is 3.58. The fourth-order valence-corrected chi connectivity index (χ4v) is 5.11. The number of hydrogen-bond donors (Lipinski definition) is 1. The number of anilines is 1. The third kappa shape index (κ3) is 3.07. The molecule has 26 heavy (non-hydrogen) atoms. The van der Waals surface area contributed by atoms with Gasteiger partial charge in [0, 0.05) is 12.3 Å². The van der Waals surface area contributed by atoms with Gasteiger partial charge in [0.25, 0.3) is 5.69 Å². The first-order valence-electron chi connectivity index (χ1n) is 8.93. The van der Waals surface area contributed by atoms with Crippen LogP contribution in [0.25, 0.3) is 0 Å². The van der Waals surface area contributed by atoms with E-state index in [9.17, 15) is 20.2 Å². The molecular formula is C18H20N4O4. The van der Waals surface area contributed by atoms with Gasteiger partial charge >= 0.3 is 5.69 Å². The monoisotopic (exact) mass is 356 g/mol.